The van der Waals surface area contributed by atoms with E-state index >= 15 is 0 Å². The second-order valence-corrected chi connectivity index (χ2v) is 6.83. The van der Waals surface area contributed by atoms with Crippen LogP contribution in [0.2, 0.25) is 4.34 Å². The molecule has 0 bridgehead atoms. The van der Waals surface area contributed by atoms with Gasteiger partial charge in [-0.3, -0.25) is 14.9 Å². The lowest BCUT2D eigenvalue weighted by atomic mass is 10.1. The first kappa shape index (κ1) is 16.4. The maximum absolute atomic E-state index is 12.8. The summed E-state index contributed by atoms with van der Waals surface area (Å²) in [5.74, 6) is -1.35. The van der Waals surface area contributed by atoms with Gasteiger partial charge in [-0.05, 0) is 36.3 Å². The molecule has 1 fully saturated rings. The smallest absolute Gasteiger partial charge is 0.273 e. The standard InChI is InChI=1S/C17H13ClN2O3S/c1-2-10-5-3-4-6-13(10)20-16(22)12(15(21)19-17(20)23)9-11-7-8-14(18)24-11/h3-9H,2H2,1H3,(H,19,21,23). The summed E-state index contributed by atoms with van der Waals surface area (Å²) < 4.78 is 0.551. The molecule has 0 spiro atoms. The number of nitrogens with one attached hydrogen (secondary N) is 1. The molecule has 1 aromatic heterocycles. The molecule has 7 heteroatoms. The third-order valence-electron chi connectivity index (χ3n) is 3.60. The Kier molecular flexibility index (Phi) is 4.51. The highest BCUT2D eigenvalue weighted by atomic mass is 35.5. The number of para-hydroxylation sites is 1. The van der Waals surface area contributed by atoms with E-state index in [0.717, 1.165) is 10.5 Å². The summed E-state index contributed by atoms with van der Waals surface area (Å²) in [6.07, 6.45) is 2.10. The number of nitrogens with zero attached hydrogens (tertiary/aromatic N) is 1. The van der Waals surface area contributed by atoms with Crippen molar-refractivity contribution >= 4 is 52.5 Å². The molecule has 0 saturated carbocycles. The quantitative estimate of drug-likeness (QED) is 0.671. The summed E-state index contributed by atoms with van der Waals surface area (Å²) in [4.78, 5) is 38.7. The topological polar surface area (TPSA) is 66.5 Å². The lowest BCUT2D eigenvalue weighted by Gasteiger charge is -2.27. The number of hydrogen-bond acceptors (Lipinski definition) is 4. The molecule has 0 unspecified atom stereocenters. The van der Waals surface area contributed by atoms with Gasteiger partial charge in [0.15, 0.2) is 0 Å². The number of imide groups is 2. The molecule has 0 aliphatic carbocycles. The van der Waals surface area contributed by atoms with E-state index in [9.17, 15) is 14.4 Å². The fourth-order valence-corrected chi connectivity index (χ4v) is 3.46. The first-order valence-corrected chi connectivity index (χ1v) is 8.45. The SMILES string of the molecule is CCc1ccccc1N1C(=O)NC(=O)C(=Cc2ccc(Cl)s2)C1=O. The zero-order valence-electron chi connectivity index (χ0n) is 12.7. The van der Waals surface area contributed by atoms with Gasteiger partial charge in [0.05, 0.1) is 10.0 Å². The number of benzene rings is 1. The Hall–Kier alpha value is -2.44. The fraction of sp³-hybridized carbons (Fsp3) is 0.118. The predicted molar refractivity (Wildman–Crippen MR) is 94.2 cm³/mol. The van der Waals surface area contributed by atoms with E-state index in [4.69, 9.17) is 11.6 Å². The van der Waals surface area contributed by atoms with Gasteiger partial charge in [0.1, 0.15) is 5.57 Å². The van der Waals surface area contributed by atoms with Gasteiger partial charge in [0.2, 0.25) is 0 Å². The zero-order valence-corrected chi connectivity index (χ0v) is 14.3. The molecule has 4 amide bonds. The van der Waals surface area contributed by atoms with Crippen LogP contribution < -0.4 is 10.2 Å². The van der Waals surface area contributed by atoms with Crippen molar-refractivity contribution < 1.29 is 14.4 Å². The Morgan fingerprint density at radius 2 is 1.92 bits per heavy atom. The molecule has 0 radical (unpaired) electrons. The first-order valence-electron chi connectivity index (χ1n) is 7.26. The number of halogens is 1. The third kappa shape index (κ3) is 2.98. The number of urea groups is 1. The Morgan fingerprint density at radius 1 is 1.17 bits per heavy atom. The maximum Gasteiger partial charge on any atom is 0.335 e. The Labute approximate surface area is 147 Å². The Balaban J connectivity index is 2.05. The van der Waals surface area contributed by atoms with Crippen molar-refractivity contribution in [2.45, 2.75) is 13.3 Å². The zero-order chi connectivity index (χ0) is 17.3. The minimum atomic E-state index is -0.743. The van der Waals surface area contributed by atoms with Crippen molar-refractivity contribution in [1.82, 2.24) is 5.32 Å². The molecule has 1 aliphatic rings. The van der Waals surface area contributed by atoms with Crippen LogP contribution in [0.3, 0.4) is 0 Å². The van der Waals surface area contributed by atoms with E-state index in [0.29, 0.717) is 21.3 Å². The number of anilines is 1. The van der Waals surface area contributed by atoms with Crippen LogP contribution in [-0.2, 0) is 16.0 Å². The van der Waals surface area contributed by atoms with Gasteiger partial charge in [-0.2, -0.15) is 0 Å². The largest absolute Gasteiger partial charge is 0.335 e. The normalized spacial score (nSPS) is 16.7. The fourth-order valence-electron chi connectivity index (χ4n) is 2.45. The number of amides is 4. The summed E-state index contributed by atoms with van der Waals surface area (Å²) in [5.41, 5.74) is 1.22. The van der Waals surface area contributed by atoms with Gasteiger partial charge < -0.3 is 0 Å². The molecule has 24 heavy (non-hydrogen) atoms. The van der Waals surface area contributed by atoms with Gasteiger partial charge in [-0.25, -0.2) is 9.69 Å². The summed E-state index contributed by atoms with van der Waals surface area (Å²) in [6, 6.07) is 9.76. The van der Waals surface area contributed by atoms with Gasteiger partial charge >= 0.3 is 6.03 Å². The van der Waals surface area contributed by atoms with Crippen LogP contribution in [0.25, 0.3) is 6.08 Å². The molecular formula is C17H13ClN2O3S. The van der Waals surface area contributed by atoms with Crippen molar-refractivity contribution in [2.24, 2.45) is 0 Å². The van der Waals surface area contributed by atoms with Crippen molar-refractivity contribution in [3.8, 4) is 0 Å². The van der Waals surface area contributed by atoms with Gasteiger partial charge in [0.25, 0.3) is 11.8 Å². The molecule has 1 N–H and O–H groups in total. The summed E-state index contributed by atoms with van der Waals surface area (Å²) in [6.45, 7) is 1.93. The number of hydrogen-bond donors (Lipinski definition) is 1. The molecule has 2 aromatic rings. The number of barbiturate groups is 1. The molecule has 1 aromatic carbocycles. The summed E-state index contributed by atoms with van der Waals surface area (Å²) in [7, 11) is 0. The number of carbonyl (C=O) groups is 3. The average Bonchev–Trinajstić information content (AvgIpc) is 2.97. The van der Waals surface area contributed by atoms with Crippen LogP contribution >= 0.6 is 22.9 Å². The van der Waals surface area contributed by atoms with Crippen LogP contribution in [0.1, 0.15) is 17.4 Å². The molecule has 2 heterocycles. The van der Waals surface area contributed by atoms with Crippen molar-refractivity contribution in [3.05, 3.63) is 56.7 Å². The van der Waals surface area contributed by atoms with Gasteiger partial charge in [-0.15, -0.1) is 11.3 Å². The monoisotopic (exact) mass is 360 g/mol. The van der Waals surface area contributed by atoms with E-state index in [2.05, 4.69) is 5.32 Å². The van der Waals surface area contributed by atoms with Gasteiger partial charge in [0, 0.05) is 4.88 Å². The Bertz CT molecular complexity index is 872. The minimum absolute atomic E-state index is 0.0981. The first-order chi connectivity index (χ1) is 11.5. The third-order valence-corrected chi connectivity index (χ3v) is 4.77. The van der Waals surface area contributed by atoms with Gasteiger partial charge in [-0.1, -0.05) is 36.7 Å². The van der Waals surface area contributed by atoms with E-state index in [1.807, 2.05) is 19.1 Å². The highest BCUT2D eigenvalue weighted by Gasteiger charge is 2.37. The van der Waals surface area contributed by atoms with Crippen LogP contribution in [0, 0.1) is 0 Å². The minimum Gasteiger partial charge on any atom is -0.273 e. The Morgan fingerprint density at radius 3 is 2.58 bits per heavy atom. The van der Waals surface area contributed by atoms with E-state index in [-0.39, 0.29) is 5.57 Å². The molecule has 1 aliphatic heterocycles. The number of thiophene rings is 1. The van der Waals surface area contributed by atoms with Crippen LogP contribution in [0.4, 0.5) is 10.5 Å². The van der Waals surface area contributed by atoms with E-state index in [1.54, 1.807) is 24.3 Å². The lowest BCUT2D eigenvalue weighted by molar-refractivity contribution is -0.122. The van der Waals surface area contributed by atoms with Crippen molar-refractivity contribution in [3.63, 3.8) is 0 Å². The molecule has 0 atom stereocenters. The number of aryl methyl sites for hydroxylation is 1. The van der Waals surface area contributed by atoms with Crippen molar-refractivity contribution in [1.29, 1.82) is 0 Å². The molecule has 5 nitrogen and oxygen atoms in total. The van der Waals surface area contributed by atoms with Crippen LogP contribution in [-0.4, -0.2) is 17.8 Å². The molecular weight excluding hydrogens is 348 g/mol. The average molecular weight is 361 g/mol. The maximum atomic E-state index is 12.8. The van der Waals surface area contributed by atoms with E-state index < -0.39 is 17.8 Å². The second-order valence-electron chi connectivity index (χ2n) is 5.08. The molecule has 122 valence electrons. The molecule has 3 rings (SSSR count). The second kappa shape index (κ2) is 6.59. The highest BCUT2D eigenvalue weighted by Crippen LogP contribution is 2.28. The van der Waals surface area contributed by atoms with Crippen molar-refractivity contribution in [2.75, 3.05) is 4.90 Å². The number of carbonyl (C=O) groups excluding carboxylic acids is 3. The summed E-state index contributed by atoms with van der Waals surface area (Å²) >= 11 is 7.12. The van der Waals surface area contributed by atoms with Crippen LogP contribution in [0.5, 0.6) is 0 Å². The summed E-state index contributed by atoms with van der Waals surface area (Å²) in [5, 5.41) is 2.22. The highest BCUT2D eigenvalue weighted by molar-refractivity contribution is 7.17. The lowest BCUT2D eigenvalue weighted by Crippen LogP contribution is -2.54. The number of rotatable bonds is 3. The predicted octanol–water partition coefficient (Wildman–Crippen LogP) is 3.63. The van der Waals surface area contributed by atoms with E-state index in [1.165, 1.54) is 17.4 Å². The molecule has 1 saturated heterocycles. The van der Waals surface area contributed by atoms with Crippen LogP contribution in [0.15, 0.2) is 42.0 Å².